The fourth-order valence-corrected chi connectivity index (χ4v) is 6.44. The third-order valence-electron chi connectivity index (χ3n) is 7.69. The van der Waals surface area contributed by atoms with Gasteiger partial charge in [0.15, 0.2) is 0 Å². The van der Waals surface area contributed by atoms with E-state index in [-0.39, 0.29) is 41.2 Å². The Morgan fingerprint density at radius 2 is 1.52 bits per heavy atom. The number of hydrogen-bond donors (Lipinski definition) is 1. The van der Waals surface area contributed by atoms with Gasteiger partial charge in [-0.15, -0.1) is 0 Å². The van der Waals surface area contributed by atoms with Crippen LogP contribution < -0.4 is 0 Å². The van der Waals surface area contributed by atoms with Gasteiger partial charge in [0.25, 0.3) is 0 Å². The predicted octanol–water partition coefficient (Wildman–Crippen LogP) is 2.07. The van der Waals surface area contributed by atoms with E-state index >= 15 is 0 Å². The summed E-state index contributed by atoms with van der Waals surface area (Å²) in [5.41, 5.74) is 1.74. The molecule has 0 bridgehead atoms. The van der Waals surface area contributed by atoms with Gasteiger partial charge in [0, 0.05) is 19.0 Å². The summed E-state index contributed by atoms with van der Waals surface area (Å²) in [4.78, 5) is 55.0. The molecule has 0 radical (unpaired) electrons. The molecular weight excluding hydrogens is 396 g/mol. The summed E-state index contributed by atoms with van der Waals surface area (Å²) in [6, 6.07) is 6.81. The number of phenolic OH excluding ortho intramolecular Hbond substituents is 1. The number of nitrogens with zero attached hydrogens (tertiary/aromatic N) is 2. The first-order valence-electron chi connectivity index (χ1n) is 11.1. The van der Waals surface area contributed by atoms with Crippen LogP contribution in [-0.2, 0) is 19.2 Å². The quantitative estimate of drug-likeness (QED) is 0.594. The molecule has 0 aromatic heterocycles. The zero-order valence-electron chi connectivity index (χ0n) is 17.7. The van der Waals surface area contributed by atoms with E-state index in [0.717, 1.165) is 11.1 Å². The highest BCUT2D eigenvalue weighted by Crippen LogP contribution is 2.57. The molecule has 7 nitrogen and oxygen atoms in total. The zero-order chi connectivity index (χ0) is 22.0. The van der Waals surface area contributed by atoms with Gasteiger partial charge in [-0.25, -0.2) is 0 Å². The maximum absolute atomic E-state index is 13.3. The van der Waals surface area contributed by atoms with Gasteiger partial charge in [0.1, 0.15) is 5.75 Å². The van der Waals surface area contributed by atoms with Crippen molar-refractivity contribution in [1.29, 1.82) is 0 Å². The lowest BCUT2D eigenvalue weighted by Gasteiger charge is -2.44. The molecule has 2 aliphatic heterocycles. The van der Waals surface area contributed by atoms with Crippen LogP contribution in [0, 0.1) is 29.6 Å². The summed E-state index contributed by atoms with van der Waals surface area (Å²) < 4.78 is 0. The van der Waals surface area contributed by atoms with Crippen molar-refractivity contribution in [1.82, 2.24) is 9.80 Å². The van der Waals surface area contributed by atoms with Gasteiger partial charge >= 0.3 is 0 Å². The van der Waals surface area contributed by atoms with E-state index in [1.165, 1.54) is 9.80 Å². The van der Waals surface area contributed by atoms with Gasteiger partial charge in [-0.2, -0.15) is 0 Å². The second-order valence-electron chi connectivity index (χ2n) is 8.96. The van der Waals surface area contributed by atoms with Crippen LogP contribution in [0.5, 0.6) is 5.75 Å². The number of imide groups is 2. The minimum absolute atomic E-state index is 0.0962. The van der Waals surface area contributed by atoms with Gasteiger partial charge in [-0.3, -0.25) is 29.0 Å². The highest BCUT2D eigenvalue weighted by Gasteiger charge is 2.61. The smallest absolute Gasteiger partial charge is 0.234 e. The molecule has 1 aromatic rings. The minimum atomic E-state index is -0.539. The number of carbonyl (C=O) groups excluding carboxylic acids is 4. The molecule has 1 N–H and O–H groups in total. The predicted molar refractivity (Wildman–Crippen MR) is 110 cm³/mol. The number of phenols is 1. The fourth-order valence-electron chi connectivity index (χ4n) is 6.44. The fraction of sp³-hybridized carbons (Fsp3) is 0.500. The van der Waals surface area contributed by atoms with Crippen molar-refractivity contribution in [3.8, 4) is 5.75 Å². The molecule has 1 aromatic carbocycles. The highest BCUT2D eigenvalue weighted by molar-refractivity contribution is 6.07. The van der Waals surface area contributed by atoms with Crippen molar-refractivity contribution in [2.24, 2.45) is 29.6 Å². The zero-order valence-corrected chi connectivity index (χ0v) is 17.7. The van der Waals surface area contributed by atoms with Crippen molar-refractivity contribution in [3.63, 3.8) is 0 Å². The molecule has 5 rings (SSSR count). The summed E-state index contributed by atoms with van der Waals surface area (Å²) in [6.07, 6.45) is 2.89. The Morgan fingerprint density at radius 3 is 2.16 bits per heavy atom. The molecule has 2 aliphatic carbocycles. The van der Waals surface area contributed by atoms with Crippen LogP contribution >= 0.6 is 0 Å². The number of carbonyl (C=O) groups is 4. The number of aromatic hydroxyl groups is 1. The molecule has 2 saturated heterocycles. The Labute approximate surface area is 180 Å². The lowest BCUT2D eigenvalue weighted by atomic mass is 9.57. The number of benzene rings is 1. The van der Waals surface area contributed by atoms with Crippen molar-refractivity contribution in [3.05, 3.63) is 41.5 Å². The number of hydrogen-bond acceptors (Lipinski definition) is 5. The number of allylic oxidation sites excluding steroid dienone is 2. The molecule has 4 aliphatic rings. The molecule has 4 amide bonds. The molecule has 0 spiro atoms. The minimum Gasteiger partial charge on any atom is -0.508 e. The Hall–Kier alpha value is -2.96. The van der Waals surface area contributed by atoms with Gasteiger partial charge in [0.05, 0.1) is 23.7 Å². The Morgan fingerprint density at radius 1 is 0.871 bits per heavy atom. The third-order valence-corrected chi connectivity index (χ3v) is 7.69. The number of fused-ring (bicyclic) bond motifs is 4. The van der Waals surface area contributed by atoms with Crippen LogP contribution in [0.3, 0.4) is 0 Å². The van der Waals surface area contributed by atoms with E-state index in [0.29, 0.717) is 25.9 Å². The van der Waals surface area contributed by atoms with Gasteiger partial charge < -0.3 is 5.11 Å². The van der Waals surface area contributed by atoms with Crippen molar-refractivity contribution < 1.29 is 24.3 Å². The molecule has 7 heteroatoms. The summed E-state index contributed by atoms with van der Waals surface area (Å²) in [7, 11) is 0. The van der Waals surface area contributed by atoms with E-state index in [1.54, 1.807) is 32.0 Å². The van der Waals surface area contributed by atoms with E-state index < -0.39 is 23.7 Å². The first kappa shape index (κ1) is 20.0. The molecule has 3 fully saturated rings. The van der Waals surface area contributed by atoms with E-state index in [4.69, 9.17) is 0 Å². The van der Waals surface area contributed by atoms with E-state index in [2.05, 4.69) is 0 Å². The van der Waals surface area contributed by atoms with Gasteiger partial charge in [0.2, 0.25) is 23.6 Å². The number of likely N-dealkylation sites (tertiary alicyclic amines) is 2. The molecule has 6 unspecified atom stereocenters. The topological polar surface area (TPSA) is 95.0 Å². The first-order chi connectivity index (χ1) is 14.9. The summed E-state index contributed by atoms with van der Waals surface area (Å²) in [6.45, 7) is 4.24. The largest absolute Gasteiger partial charge is 0.508 e. The SMILES string of the molecule is CCN1C(=O)C2CC=C3C(CC4C(=O)N(CC)C(=O)C4C3c3cccc(O)c3)C2C1=O. The lowest BCUT2D eigenvalue weighted by molar-refractivity contribution is -0.141. The van der Waals surface area contributed by atoms with Crippen LogP contribution in [0.4, 0.5) is 0 Å². The van der Waals surface area contributed by atoms with Crippen molar-refractivity contribution in [2.45, 2.75) is 32.6 Å². The molecule has 6 atom stereocenters. The highest BCUT2D eigenvalue weighted by atomic mass is 16.3. The lowest BCUT2D eigenvalue weighted by Crippen LogP contribution is -2.43. The monoisotopic (exact) mass is 422 g/mol. The summed E-state index contributed by atoms with van der Waals surface area (Å²) in [5, 5.41) is 10.1. The maximum Gasteiger partial charge on any atom is 0.234 e. The second-order valence-corrected chi connectivity index (χ2v) is 8.96. The number of amides is 4. The molecule has 1 saturated carbocycles. The average Bonchev–Trinajstić information content (AvgIpc) is 3.15. The van der Waals surface area contributed by atoms with Gasteiger partial charge in [-0.1, -0.05) is 23.8 Å². The van der Waals surface area contributed by atoms with Crippen LogP contribution in [0.1, 0.15) is 38.2 Å². The molecule has 2 heterocycles. The van der Waals surface area contributed by atoms with E-state index in [1.807, 2.05) is 12.1 Å². The maximum atomic E-state index is 13.3. The third kappa shape index (κ3) is 2.65. The van der Waals surface area contributed by atoms with Gasteiger partial charge in [-0.05, 0) is 50.3 Å². The molecule has 162 valence electrons. The Balaban J connectivity index is 1.65. The number of rotatable bonds is 3. The summed E-state index contributed by atoms with van der Waals surface area (Å²) >= 11 is 0. The first-order valence-corrected chi connectivity index (χ1v) is 11.1. The van der Waals surface area contributed by atoms with Crippen LogP contribution in [0.2, 0.25) is 0 Å². The summed E-state index contributed by atoms with van der Waals surface area (Å²) in [5.74, 6) is -3.13. The van der Waals surface area contributed by atoms with E-state index in [9.17, 15) is 24.3 Å². The molecule has 31 heavy (non-hydrogen) atoms. The average molecular weight is 422 g/mol. The Kier molecular flexibility index (Phi) is 4.53. The van der Waals surface area contributed by atoms with Crippen LogP contribution in [-0.4, -0.2) is 51.6 Å². The molecular formula is C24H26N2O5. The second kappa shape index (κ2) is 7.04. The standard InChI is InChI=1S/C24H26N2O5/c1-3-25-21(28)15-9-8-14-16(19(15)23(25)30)11-17-20(24(31)26(4-2)22(17)29)18(14)12-6-5-7-13(27)10-12/h5-8,10,15-20,27H,3-4,9,11H2,1-2H3. The van der Waals surface area contributed by atoms with Crippen molar-refractivity contribution >= 4 is 23.6 Å². The van der Waals surface area contributed by atoms with Crippen LogP contribution in [0.25, 0.3) is 0 Å². The van der Waals surface area contributed by atoms with Crippen LogP contribution in [0.15, 0.2) is 35.9 Å². The van der Waals surface area contributed by atoms with Crippen molar-refractivity contribution in [2.75, 3.05) is 13.1 Å². The normalized spacial score (nSPS) is 34.6. The Bertz CT molecular complexity index is 1030.